The molecule has 1 aliphatic heterocycles. The molecule has 130 valence electrons. The second-order valence-corrected chi connectivity index (χ2v) is 8.14. The van der Waals surface area contributed by atoms with Gasteiger partial charge in [0.05, 0.1) is 0 Å². The number of nitrogens with zero attached hydrogens (tertiary/aromatic N) is 1. The number of carbonyl (C=O) groups excluding carboxylic acids is 1. The van der Waals surface area contributed by atoms with Crippen molar-refractivity contribution in [1.82, 2.24) is 4.90 Å². The zero-order valence-electron chi connectivity index (χ0n) is 14.3. The first-order valence-electron chi connectivity index (χ1n) is 9.00. The number of carbonyl (C=O) groups is 1. The summed E-state index contributed by atoms with van der Waals surface area (Å²) in [6, 6.07) is 20.6. The fourth-order valence-electron chi connectivity index (χ4n) is 4.47. The molecule has 2 aromatic carbocycles. The van der Waals surface area contributed by atoms with Gasteiger partial charge in [-0.25, -0.2) is 0 Å². The summed E-state index contributed by atoms with van der Waals surface area (Å²) in [5, 5.41) is 2.07. The predicted molar refractivity (Wildman–Crippen MR) is 105 cm³/mol. The lowest BCUT2D eigenvalue weighted by Gasteiger charge is -2.20. The predicted octanol–water partition coefficient (Wildman–Crippen LogP) is 4.28. The van der Waals surface area contributed by atoms with E-state index in [1.807, 2.05) is 35.2 Å². The standard InChI is InChI=1S/C22H20N2OS/c23-21-17-5-2-1-4-16(17)18-12-24(13-19(18)21)22(25)15-9-7-14(8-10-15)20-6-3-11-26-20/h1-11,18-19,21H,12-13,23H2/t18-,19-,21-/m0/s1. The maximum absolute atomic E-state index is 13.0. The molecule has 3 nitrogen and oxygen atoms in total. The van der Waals surface area contributed by atoms with Crippen molar-refractivity contribution >= 4 is 17.2 Å². The Hall–Kier alpha value is -2.43. The molecule has 2 aliphatic rings. The minimum atomic E-state index is 0.0372. The Morgan fingerprint density at radius 2 is 1.73 bits per heavy atom. The van der Waals surface area contributed by atoms with Crippen molar-refractivity contribution in [3.8, 4) is 10.4 Å². The highest BCUT2D eigenvalue weighted by atomic mass is 32.1. The first kappa shape index (κ1) is 15.8. The van der Waals surface area contributed by atoms with Crippen LogP contribution in [0, 0.1) is 5.92 Å². The van der Waals surface area contributed by atoms with Gasteiger partial charge in [0, 0.05) is 41.4 Å². The van der Waals surface area contributed by atoms with Crippen LogP contribution < -0.4 is 5.73 Å². The number of nitrogens with two attached hydrogens (primary N) is 1. The highest BCUT2D eigenvalue weighted by Gasteiger charge is 2.45. The molecule has 26 heavy (non-hydrogen) atoms. The van der Waals surface area contributed by atoms with Gasteiger partial charge < -0.3 is 10.6 Å². The zero-order valence-corrected chi connectivity index (χ0v) is 15.2. The summed E-state index contributed by atoms with van der Waals surface area (Å²) in [6.45, 7) is 1.51. The van der Waals surface area contributed by atoms with E-state index in [1.165, 1.54) is 16.0 Å². The summed E-state index contributed by atoms with van der Waals surface area (Å²) in [5.41, 5.74) is 11.0. The molecular formula is C22H20N2OS. The average Bonchev–Trinajstić information content (AvgIpc) is 3.41. The van der Waals surface area contributed by atoms with E-state index >= 15 is 0 Å². The van der Waals surface area contributed by atoms with Crippen molar-refractivity contribution in [2.75, 3.05) is 13.1 Å². The van der Waals surface area contributed by atoms with E-state index in [9.17, 15) is 4.79 Å². The molecule has 3 atom stereocenters. The maximum Gasteiger partial charge on any atom is 0.253 e. The van der Waals surface area contributed by atoms with Crippen LogP contribution in [0.1, 0.15) is 33.4 Å². The number of amides is 1. The Balaban J connectivity index is 1.36. The van der Waals surface area contributed by atoms with Crippen LogP contribution in [0.25, 0.3) is 10.4 Å². The third-order valence-electron chi connectivity index (χ3n) is 5.81. The molecule has 0 unspecified atom stereocenters. The summed E-state index contributed by atoms with van der Waals surface area (Å²) in [7, 11) is 0. The fraction of sp³-hybridized carbons (Fsp3) is 0.227. The number of likely N-dealkylation sites (tertiary alicyclic amines) is 1. The lowest BCUT2D eigenvalue weighted by Crippen LogP contribution is -2.31. The van der Waals surface area contributed by atoms with Crippen molar-refractivity contribution < 1.29 is 4.79 Å². The number of fused-ring (bicyclic) bond motifs is 3. The molecule has 0 radical (unpaired) electrons. The smallest absolute Gasteiger partial charge is 0.253 e. The Labute approximate surface area is 157 Å². The van der Waals surface area contributed by atoms with Gasteiger partial charge in [-0.15, -0.1) is 11.3 Å². The molecule has 2 N–H and O–H groups in total. The molecule has 1 amide bonds. The summed E-state index contributed by atoms with van der Waals surface area (Å²) >= 11 is 1.71. The van der Waals surface area contributed by atoms with E-state index in [2.05, 4.69) is 35.7 Å². The molecule has 0 spiro atoms. The third kappa shape index (κ3) is 2.41. The van der Waals surface area contributed by atoms with E-state index in [0.717, 1.165) is 24.2 Å². The molecule has 1 saturated heterocycles. The molecule has 1 aliphatic carbocycles. The SMILES string of the molecule is N[C@H]1c2ccccc2[C@@H]2CN(C(=O)c3ccc(-c4cccs4)cc3)C[C@H]12. The fourth-order valence-corrected chi connectivity index (χ4v) is 5.21. The summed E-state index contributed by atoms with van der Waals surface area (Å²) in [6.07, 6.45) is 0. The zero-order chi connectivity index (χ0) is 17.7. The molecule has 1 fully saturated rings. The molecule has 3 aromatic rings. The molecule has 4 heteroatoms. The number of hydrogen-bond donors (Lipinski definition) is 1. The Morgan fingerprint density at radius 3 is 2.46 bits per heavy atom. The van der Waals surface area contributed by atoms with Gasteiger partial charge in [0.15, 0.2) is 0 Å². The normalized spacial score (nSPS) is 23.7. The van der Waals surface area contributed by atoms with Crippen molar-refractivity contribution in [2.24, 2.45) is 11.7 Å². The second kappa shape index (κ2) is 6.08. The number of thiophene rings is 1. The number of hydrogen-bond acceptors (Lipinski definition) is 3. The molecule has 5 rings (SSSR count). The number of rotatable bonds is 2. The quantitative estimate of drug-likeness (QED) is 0.741. The van der Waals surface area contributed by atoms with E-state index in [-0.39, 0.29) is 11.9 Å². The van der Waals surface area contributed by atoms with Crippen LogP contribution in [-0.4, -0.2) is 23.9 Å². The Bertz CT molecular complexity index is 949. The second-order valence-electron chi connectivity index (χ2n) is 7.19. The monoisotopic (exact) mass is 360 g/mol. The Morgan fingerprint density at radius 1 is 0.962 bits per heavy atom. The van der Waals surface area contributed by atoms with Crippen LogP contribution in [-0.2, 0) is 0 Å². The summed E-state index contributed by atoms with van der Waals surface area (Å²) in [4.78, 5) is 16.2. The first-order chi connectivity index (χ1) is 12.7. The van der Waals surface area contributed by atoms with Crippen molar-refractivity contribution in [1.29, 1.82) is 0 Å². The minimum Gasteiger partial charge on any atom is -0.338 e. The Kier molecular flexibility index (Phi) is 3.69. The van der Waals surface area contributed by atoms with Crippen LogP contribution in [0.5, 0.6) is 0 Å². The van der Waals surface area contributed by atoms with Gasteiger partial charge >= 0.3 is 0 Å². The van der Waals surface area contributed by atoms with E-state index in [1.54, 1.807) is 11.3 Å². The van der Waals surface area contributed by atoms with Crippen LogP contribution in [0.3, 0.4) is 0 Å². The number of benzene rings is 2. The van der Waals surface area contributed by atoms with E-state index in [4.69, 9.17) is 5.73 Å². The molecule has 2 heterocycles. The lowest BCUT2D eigenvalue weighted by molar-refractivity contribution is 0.0783. The molecular weight excluding hydrogens is 340 g/mol. The maximum atomic E-state index is 13.0. The van der Waals surface area contributed by atoms with Crippen molar-refractivity contribution in [3.63, 3.8) is 0 Å². The minimum absolute atomic E-state index is 0.0372. The van der Waals surface area contributed by atoms with E-state index < -0.39 is 0 Å². The van der Waals surface area contributed by atoms with Gasteiger partial charge in [0.25, 0.3) is 5.91 Å². The summed E-state index contributed by atoms with van der Waals surface area (Å²) < 4.78 is 0. The van der Waals surface area contributed by atoms with Crippen molar-refractivity contribution in [3.05, 3.63) is 82.7 Å². The van der Waals surface area contributed by atoms with E-state index in [0.29, 0.717) is 11.8 Å². The molecule has 0 saturated carbocycles. The largest absolute Gasteiger partial charge is 0.338 e. The molecule has 0 bridgehead atoms. The van der Waals surface area contributed by atoms with Crippen LogP contribution in [0.15, 0.2) is 66.0 Å². The highest BCUT2D eigenvalue weighted by molar-refractivity contribution is 7.13. The first-order valence-corrected chi connectivity index (χ1v) is 9.88. The van der Waals surface area contributed by atoms with Crippen LogP contribution >= 0.6 is 11.3 Å². The van der Waals surface area contributed by atoms with Gasteiger partial charge in [0.1, 0.15) is 0 Å². The van der Waals surface area contributed by atoms with Crippen LogP contribution in [0.2, 0.25) is 0 Å². The van der Waals surface area contributed by atoms with Gasteiger partial charge in [-0.05, 0) is 40.3 Å². The topological polar surface area (TPSA) is 46.3 Å². The molecule has 1 aromatic heterocycles. The summed E-state index contributed by atoms with van der Waals surface area (Å²) in [5.74, 6) is 0.819. The van der Waals surface area contributed by atoms with Gasteiger partial charge in [-0.2, -0.15) is 0 Å². The van der Waals surface area contributed by atoms with Crippen molar-refractivity contribution in [2.45, 2.75) is 12.0 Å². The lowest BCUT2D eigenvalue weighted by atomic mass is 9.95. The van der Waals surface area contributed by atoms with Gasteiger partial charge in [-0.3, -0.25) is 4.79 Å². The van der Waals surface area contributed by atoms with Gasteiger partial charge in [-0.1, -0.05) is 42.5 Å². The third-order valence-corrected chi connectivity index (χ3v) is 6.72. The van der Waals surface area contributed by atoms with Crippen LogP contribution in [0.4, 0.5) is 0 Å². The van der Waals surface area contributed by atoms with Gasteiger partial charge in [0.2, 0.25) is 0 Å². The highest BCUT2D eigenvalue weighted by Crippen LogP contribution is 2.48. The average molecular weight is 360 g/mol.